The van der Waals surface area contributed by atoms with Gasteiger partial charge in [-0.05, 0) is 18.8 Å². The quantitative estimate of drug-likeness (QED) is 0.681. The molecule has 1 N–H and O–H groups in total. The van der Waals surface area contributed by atoms with Gasteiger partial charge in [-0.15, -0.1) is 0 Å². The first-order chi connectivity index (χ1) is 6.36. The number of hydrogen-bond acceptors (Lipinski definition) is 3. The zero-order chi connectivity index (χ0) is 10.6. The molecule has 0 aromatic heterocycles. The summed E-state index contributed by atoms with van der Waals surface area (Å²) >= 11 is 0. The van der Waals surface area contributed by atoms with Crippen LogP contribution >= 0.6 is 0 Å². The van der Waals surface area contributed by atoms with Gasteiger partial charge in [0.1, 0.15) is 0 Å². The lowest BCUT2D eigenvalue weighted by Gasteiger charge is -2.46. The van der Waals surface area contributed by atoms with Crippen molar-refractivity contribution in [2.24, 2.45) is 5.92 Å². The highest BCUT2D eigenvalue weighted by Crippen LogP contribution is 2.45. The van der Waals surface area contributed by atoms with E-state index in [-0.39, 0.29) is 13.1 Å². The highest BCUT2D eigenvalue weighted by molar-refractivity contribution is 7.86. The van der Waals surface area contributed by atoms with Gasteiger partial charge in [0, 0.05) is 27.2 Å². The van der Waals surface area contributed by atoms with Crippen LogP contribution in [0.15, 0.2) is 0 Å². The molecular formula is C8H16N2O3S. The molecule has 1 saturated heterocycles. The molecule has 1 aliphatic carbocycles. The SMILES string of the molecule is CN(C)S(=O)(=O)N1CC(O)(C2CC2)C1. The minimum atomic E-state index is -3.31. The number of aliphatic hydroxyl groups is 1. The maximum Gasteiger partial charge on any atom is 0.281 e. The van der Waals surface area contributed by atoms with E-state index in [0.717, 1.165) is 12.8 Å². The lowest BCUT2D eigenvalue weighted by Crippen LogP contribution is -2.66. The van der Waals surface area contributed by atoms with Crippen molar-refractivity contribution >= 4 is 10.2 Å². The number of nitrogens with zero attached hydrogens (tertiary/aromatic N) is 2. The van der Waals surface area contributed by atoms with E-state index in [2.05, 4.69) is 0 Å². The molecule has 14 heavy (non-hydrogen) atoms. The summed E-state index contributed by atoms with van der Waals surface area (Å²) in [5, 5.41) is 9.94. The van der Waals surface area contributed by atoms with Crippen LogP contribution in [0.4, 0.5) is 0 Å². The molecular weight excluding hydrogens is 204 g/mol. The third kappa shape index (κ3) is 1.46. The first kappa shape index (κ1) is 10.4. The van der Waals surface area contributed by atoms with Crippen LogP contribution in [0.5, 0.6) is 0 Å². The predicted octanol–water partition coefficient (Wildman–Crippen LogP) is -0.750. The van der Waals surface area contributed by atoms with E-state index in [1.165, 1.54) is 22.7 Å². The molecule has 2 rings (SSSR count). The van der Waals surface area contributed by atoms with Crippen molar-refractivity contribution in [1.29, 1.82) is 0 Å². The van der Waals surface area contributed by atoms with Crippen LogP contribution in [0, 0.1) is 5.92 Å². The summed E-state index contributed by atoms with van der Waals surface area (Å²) in [4.78, 5) is 0. The topological polar surface area (TPSA) is 60.9 Å². The third-order valence-electron chi connectivity index (χ3n) is 3.03. The Morgan fingerprint density at radius 1 is 1.36 bits per heavy atom. The predicted molar refractivity (Wildman–Crippen MR) is 51.9 cm³/mol. The fourth-order valence-electron chi connectivity index (χ4n) is 1.84. The molecule has 6 heteroatoms. The van der Waals surface area contributed by atoms with Gasteiger partial charge in [-0.3, -0.25) is 0 Å². The number of rotatable bonds is 3. The van der Waals surface area contributed by atoms with Gasteiger partial charge in [0.05, 0.1) is 5.60 Å². The van der Waals surface area contributed by atoms with Gasteiger partial charge in [0.15, 0.2) is 0 Å². The van der Waals surface area contributed by atoms with E-state index in [1.807, 2.05) is 0 Å². The normalized spacial score (nSPS) is 27.7. The monoisotopic (exact) mass is 220 g/mol. The Morgan fingerprint density at radius 2 is 1.86 bits per heavy atom. The van der Waals surface area contributed by atoms with Crippen LogP contribution in [0.1, 0.15) is 12.8 Å². The summed E-state index contributed by atoms with van der Waals surface area (Å²) in [6.07, 6.45) is 2.07. The average Bonchev–Trinajstić information content (AvgIpc) is 2.80. The summed E-state index contributed by atoms with van der Waals surface area (Å²) in [5.74, 6) is 0.330. The average molecular weight is 220 g/mol. The second kappa shape index (κ2) is 2.91. The van der Waals surface area contributed by atoms with Crippen molar-refractivity contribution < 1.29 is 13.5 Å². The zero-order valence-electron chi connectivity index (χ0n) is 8.47. The van der Waals surface area contributed by atoms with E-state index in [4.69, 9.17) is 0 Å². The van der Waals surface area contributed by atoms with Crippen molar-refractivity contribution in [3.05, 3.63) is 0 Å². The maximum atomic E-state index is 11.6. The molecule has 0 bridgehead atoms. The van der Waals surface area contributed by atoms with E-state index in [0.29, 0.717) is 5.92 Å². The van der Waals surface area contributed by atoms with Gasteiger partial charge in [-0.25, -0.2) is 0 Å². The number of hydrogen-bond donors (Lipinski definition) is 1. The molecule has 1 aliphatic heterocycles. The lowest BCUT2D eigenvalue weighted by atomic mass is 9.91. The van der Waals surface area contributed by atoms with Crippen LogP contribution in [0.25, 0.3) is 0 Å². The van der Waals surface area contributed by atoms with E-state index < -0.39 is 15.8 Å². The van der Waals surface area contributed by atoms with E-state index in [1.54, 1.807) is 0 Å². The van der Waals surface area contributed by atoms with Gasteiger partial charge in [0.25, 0.3) is 10.2 Å². The second-order valence-corrected chi connectivity index (χ2v) is 6.58. The van der Waals surface area contributed by atoms with E-state index in [9.17, 15) is 13.5 Å². The van der Waals surface area contributed by atoms with Gasteiger partial charge < -0.3 is 5.11 Å². The molecule has 0 amide bonds. The van der Waals surface area contributed by atoms with E-state index >= 15 is 0 Å². The highest BCUT2D eigenvalue weighted by Gasteiger charge is 2.55. The number of β-amino-alcohol motifs (C(OH)–C–C–N with tert-alkyl or cyclic N) is 1. The first-order valence-corrected chi connectivity index (χ1v) is 6.16. The summed E-state index contributed by atoms with van der Waals surface area (Å²) in [7, 11) is -0.303. The van der Waals surface area contributed by atoms with Crippen LogP contribution in [0.2, 0.25) is 0 Å². The highest BCUT2D eigenvalue weighted by atomic mass is 32.2. The summed E-state index contributed by atoms with van der Waals surface area (Å²) < 4.78 is 25.7. The first-order valence-electron chi connectivity index (χ1n) is 4.76. The molecule has 0 atom stereocenters. The molecule has 0 unspecified atom stereocenters. The fourth-order valence-corrected chi connectivity index (χ4v) is 3.07. The Morgan fingerprint density at radius 3 is 2.21 bits per heavy atom. The molecule has 1 heterocycles. The van der Waals surface area contributed by atoms with Gasteiger partial charge in [0.2, 0.25) is 0 Å². The molecule has 1 saturated carbocycles. The molecule has 5 nitrogen and oxygen atoms in total. The smallest absolute Gasteiger partial charge is 0.281 e. The van der Waals surface area contributed by atoms with Crippen LogP contribution in [0.3, 0.4) is 0 Å². The molecule has 2 fully saturated rings. The largest absolute Gasteiger partial charge is 0.387 e. The molecule has 0 radical (unpaired) electrons. The Kier molecular flexibility index (Phi) is 2.15. The second-order valence-electron chi connectivity index (χ2n) is 4.44. The van der Waals surface area contributed by atoms with Crippen LogP contribution in [-0.2, 0) is 10.2 Å². The Balaban J connectivity index is 2.00. The van der Waals surface area contributed by atoms with Crippen LogP contribution in [-0.4, -0.2) is 54.9 Å². The van der Waals surface area contributed by atoms with Crippen LogP contribution < -0.4 is 0 Å². The Labute approximate surface area is 84.5 Å². The standard InChI is InChI=1S/C8H16N2O3S/c1-9(2)14(12,13)10-5-8(11,6-10)7-3-4-7/h7,11H,3-6H2,1-2H3. The molecule has 0 aromatic rings. The summed E-state index contributed by atoms with van der Waals surface area (Å²) in [6.45, 7) is 0.524. The maximum absolute atomic E-state index is 11.6. The van der Waals surface area contributed by atoms with Crippen molar-refractivity contribution in [1.82, 2.24) is 8.61 Å². The summed E-state index contributed by atoms with van der Waals surface area (Å²) in [5.41, 5.74) is -0.733. The van der Waals surface area contributed by atoms with Gasteiger partial charge in [-0.1, -0.05) is 0 Å². The molecule has 82 valence electrons. The Bertz CT molecular complexity index is 328. The zero-order valence-corrected chi connectivity index (χ0v) is 9.29. The minimum absolute atomic E-state index is 0.262. The minimum Gasteiger partial charge on any atom is -0.387 e. The van der Waals surface area contributed by atoms with Crippen molar-refractivity contribution in [2.75, 3.05) is 27.2 Å². The fraction of sp³-hybridized carbons (Fsp3) is 1.00. The van der Waals surface area contributed by atoms with Gasteiger partial charge in [-0.2, -0.15) is 17.0 Å². The molecule has 0 aromatic carbocycles. The Hall–Kier alpha value is -0.170. The van der Waals surface area contributed by atoms with Crippen molar-refractivity contribution in [3.8, 4) is 0 Å². The molecule has 0 spiro atoms. The van der Waals surface area contributed by atoms with Crippen molar-refractivity contribution in [2.45, 2.75) is 18.4 Å². The lowest BCUT2D eigenvalue weighted by molar-refractivity contribution is -0.0780. The summed E-state index contributed by atoms with van der Waals surface area (Å²) in [6, 6.07) is 0. The van der Waals surface area contributed by atoms with Gasteiger partial charge >= 0.3 is 0 Å². The van der Waals surface area contributed by atoms with Crippen molar-refractivity contribution in [3.63, 3.8) is 0 Å². The molecule has 2 aliphatic rings. The third-order valence-corrected chi connectivity index (χ3v) is 4.86.